The monoisotopic (exact) mass is 311 g/mol. The number of thiophene rings is 1. The number of benzene rings is 1. The number of aliphatic hydroxyl groups excluding tert-OH is 1. The lowest BCUT2D eigenvalue weighted by Gasteiger charge is -2.12. The molecule has 1 heterocycles. The van der Waals surface area contributed by atoms with Crippen molar-refractivity contribution in [2.24, 2.45) is 0 Å². The van der Waals surface area contributed by atoms with E-state index >= 15 is 0 Å². The lowest BCUT2D eigenvalue weighted by Crippen LogP contribution is -2.41. The third-order valence-corrected chi connectivity index (χ3v) is 4.39. The van der Waals surface area contributed by atoms with Crippen molar-refractivity contribution in [1.29, 1.82) is 0 Å². The number of hydrogen-bond donors (Lipinski definition) is 3. The van der Waals surface area contributed by atoms with E-state index in [1.807, 2.05) is 0 Å². The summed E-state index contributed by atoms with van der Waals surface area (Å²) in [5, 5.41) is 20.5. The molecule has 1 amide bonds. The van der Waals surface area contributed by atoms with Crippen LogP contribution in [0.2, 0.25) is 0 Å². The lowest BCUT2D eigenvalue weighted by atomic mass is 10.1. The van der Waals surface area contributed by atoms with Crippen molar-refractivity contribution in [2.45, 2.75) is 19.4 Å². The summed E-state index contributed by atoms with van der Waals surface area (Å²) in [6, 6.07) is 3.41. The molecule has 0 aliphatic heterocycles. The molecule has 2 rings (SSSR count). The Bertz CT molecular complexity index is 698. The number of carbonyl (C=O) groups is 2. The van der Waals surface area contributed by atoms with Gasteiger partial charge in [0, 0.05) is 23.1 Å². The Morgan fingerprint density at radius 1 is 1.43 bits per heavy atom. The Labute approximate surface area is 124 Å². The third-order valence-electron chi connectivity index (χ3n) is 3.13. The maximum atomic E-state index is 13.8. The maximum Gasteiger partial charge on any atom is 0.326 e. The first kappa shape index (κ1) is 15.4. The second kappa shape index (κ2) is 6.19. The topological polar surface area (TPSA) is 86.6 Å². The van der Waals surface area contributed by atoms with E-state index < -0.39 is 23.7 Å². The number of rotatable bonds is 5. The van der Waals surface area contributed by atoms with E-state index in [9.17, 15) is 14.0 Å². The summed E-state index contributed by atoms with van der Waals surface area (Å²) in [6.07, 6.45) is -0.0840. The van der Waals surface area contributed by atoms with Crippen LogP contribution in [-0.4, -0.2) is 34.7 Å². The van der Waals surface area contributed by atoms with Gasteiger partial charge in [-0.25, -0.2) is 9.18 Å². The van der Waals surface area contributed by atoms with Gasteiger partial charge in [-0.2, -0.15) is 0 Å². The third kappa shape index (κ3) is 3.03. The molecule has 5 nitrogen and oxygen atoms in total. The van der Waals surface area contributed by atoms with Gasteiger partial charge in [0.1, 0.15) is 11.9 Å². The van der Waals surface area contributed by atoms with Crippen LogP contribution < -0.4 is 5.32 Å². The Morgan fingerprint density at radius 3 is 2.71 bits per heavy atom. The Morgan fingerprint density at radius 2 is 2.14 bits per heavy atom. The second-order valence-corrected chi connectivity index (χ2v) is 5.60. The molecule has 0 saturated carbocycles. The van der Waals surface area contributed by atoms with E-state index in [4.69, 9.17) is 10.2 Å². The van der Waals surface area contributed by atoms with E-state index in [1.54, 1.807) is 19.1 Å². The summed E-state index contributed by atoms with van der Waals surface area (Å²) in [5.74, 6) is -2.21. The van der Waals surface area contributed by atoms with Crippen molar-refractivity contribution in [3.8, 4) is 0 Å². The van der Waals surface area contributed by atoms with E-state index in [2.05, 4.69) is 5.32 Å². The number of fused-ring (bicyclic) bond motifs is 1. The number of aliphatic carboxylic acids is 1. The van der Waals surface area contributed by atoms with E-state index in [0.717, 1.165) is 11.3 Å². The second-order valence-electron chi connectivity index (χ2n) is 4.55. The Kier molecular flexibility index (Phi) is 4.54. The smallest absolute Gasteiger partial charge is 0.326 e. The van der Waals surface area contributed by atoms with Gasteiger partial charge in [-0.3, -0.25) is 4.79 Å². The van der Waals surface area contributed by atoms with Gasteiger partial charge in [0.2, 0.25) is 0 Å². The predicted molar refractivity (Wildman–Crippen MR) is 77.1 cm³/mol. The fraction of sp³-hybridized carbons (Fsp3) is 0.286. The highest BCUT2D eigenvalue weighted by Crippen LogP contribution is 2.32. The lowest BCUT2D eigenvalue weighted by molar-refractivity contribution is -0.139. The normalized spacial score (nSPS) is 12.3. The largest absolute Gasteiger partial charge is 0.480 e. The fourth-order valence-electron chi connectivity index (χ4n) is 2.08. The van der Waals surface area contributed by atoms with Gasteiger partial charge in [0.15, 0.2) is 0 Å². The molecule has 1 unspecified atom stereocenters. The number of nitrogens with one attached hydrogen (secondary N) is 1. The molecule has 0 saturated heterocycles. The highest BCUT2D eigenvalue weighted by atomic mass is 32.1. The number of halogens is 1. The van der Waals surface area contributed by atoms with Crippen LogP contribution in [0.5, 0.6) is 0 Å². The molecule has 112 valence electrons. The van der Waals surface area contributed by atoms with Crippen LogP contribution in [-0.2, 0) is 4.79 Å². The molecule has 1 atom stereocenters. The molecule has 21 heavy (non-hydrogen) atoms. The van der Waals surface area contributed by atoms with Crippen molar-refractivity contribution in [3.63, 3.8) is 0 Å². The quantitative estimate of drug-likeness (QED) is 0.787. The molecule has 2 aromatic rings. The average Bonchev–Trinajstić information content (AvgIpc) is 2.77. The highest BCUT2D eigenvalue weighted by Gasteiger charge is 2.23. The highest BCUT2D eigenvalue weighted by molar-refractivity contribution is 7.21. The van der Waals surface area contributed by atoms with Crippen LogP contribution in [0.4, 0.5) is 4.39 Å². The predicted octanol–water partition coefficient (Wildman–Crippen LogP) is 1.91. The molecule has 0 fully saturated rings. The van der Waals surface area contributed by atoms with Gasteiger partial charge in [0.25, 0.3) is 5.91 Å². The molecule has 0 aliphatic carbocycles. The number of hydrogen-bond acceptors (Lipinski definition) is 4. The molecule has 7 heteroatoms. The average molecular weight is 311 g/mol. The number of carbonyl (C=O) groups excluding carboxylic acids is 1. The van der Waals surface area contributed by atoms with Gasteiger partial charge in [-0.1, -0.05) is 6.07 Å². The number of carboxylic acid groups (broad SMARTS) is 1. The van der Waals surface area contributed by atoms with Crippen LogP contribution in [0.15, 0.2) is 18.2 Å². The zero-order valence-electron chi connectivity index (χ0n) is 11.2. The summed E-state index contributed by atoms with van der Waals surface area (Å²) in [4.78, 5) is 23.4. The van der Waals surface area contributed by atoms with Crippen LogP contribution in [0.25, 0.3) is 10.1 Å². The summed E-state index contributed by atoms with van der Waals surface area (Å²) < 4.78 is 14.4. The van der Waals surface area contributed by atoms with Gasteiger partial charge in [-0.05, 0) is 24.6 Å². The Hall–Kier alpha value is -1.99. The molecule has 3 N–H and O–H groups in total. The molecular weight excluding hydrogens is 297 g/mol. The van der Waals surface area contributed by atoms with Crippen molar-refractivity contribution in [3.05, 3.63) is 34.5 Å². The van der Waals surface area contributed by atoms with Gasteiger partial charge >= 0.3 is 5.97 Å². The minimum absolute atomic E-state index is 0.0840. The number of carboxylic acids is 1. The standard InChI is InChI=1S/C14H14FNO4S/c1-7-11-8(15)3-2-4-10(11)21-12(7)13(18)16-9(5-6-17)14(19)20/h2-4,9,17H,5-6H2,1H3,(H,16,18)(H,19,20). The van der Waals surface area contributed by atoms with E-state index in [0.29, 0.717) is 15.6 Å². The first-order valence-electron chi connectivity index (χ1n) is 6.27. The number of amides is 1. The SMILES string of the molecule is Cc1c(C(=O)NC(CCO)C(=O)O)sc2cccc(F)c12. The molecule has 1 aromatic carbocycles. The van der Waals surface area contributed by atoms with Gasteiger partial charge in [-0.15, -0.1) is 11.3 Å². The summed E-state index contributed by atoms with van der Waals surface area (Å²) in [5.41, 5.74) is 0.485. The Balaban J connectivity index is 2.33. The fourth-order valence-corrected chi connectivity index (χ4v) is 3.21. The molecule has 0 bridgehead atoms. The molecule has 0 radical (unpaired) electrons. The number of aryl methyl sites for hydroxylation is 1. The summed E-state index contributed by atoms with van der Waals surface area (Å²) in [7, 11) is 0. The van der Waals surface area contributed by atoms with E-state index in [1.165, 1.54) is 6.07 Å². The number of aliphatic hydroxyl groups is 1. The van der Waals surface area contributed by atoms with Crippen molar-refractivity contribution >= 4 is 33.3 Å². The van der Waals surface area contributed by atoms with Crippen molar-refractivity contribution < 1.29 is 24.2 Å². The summed E-state index contributed by atoms with van der Waals surface area (Å²) >= 11 is 1.11. The zero-order chi connectivity index (χ0) is 15.6. The molecule has 0 spiro atoms. The first-order valence-corrected chi connectivity index (χ1v) is 7.09. The van der Waals surface area contributed by atoms with Crippen molar-refractivity contribution in [1.82, 2.24) is 5.32 Å². The van der Waals surface area contributed by atoms with Crippen LogP contribution in [0.1, 0.15) is 21.7 Å². The van der Waals surface area contributed by atoms with Gasteiger partial charge < -0.3 is 15.5 Å². The zero-order valence-corrected chi connectivity index (χ0v) is 12.0. The van der Waals surface area contributed by atoms with Crippen LogP contribution in [0.3, 0.4) is 0 Å². The van der Waals surface area contributed by atoms with Crippen molar-refractivity contribution in [2.75, 3.05) is 6.61 Å². The molecule has 1 aromatic heterocycles. The van der Waals surface area contributed by atoms with Crippen LogP contribution >= 0.6 is 11.3 Å². The molecular formula is C14H14FNO4S. The van der Waals surface area contributed by atoms with Crippen LogP contribution in [0, 0.1) is 12.7 Å². The maximum absolute atomic E-state index is 13.8. The summed E-state index contributed by atoms with van der Waals surface area (Å²) in [6.45, 7) is 1.27. The molecule has 0 aliphatic rings. The minimum Gasteiger partial charge on any atom is -0.480 e. The van der Waals surface area contributed by atoms with Gasteiger partial charge in [0.05, 0.1) is 4.88 Å². The minimum atomic E-state index is -1.22. The van der Waals surface area contributed by atoms with E-state index in [-0.39, 0.29) is 17.9 Å². The first-order chi connectivity index (χ1) is 9.95.